The lowest BCUT2D eigenvalue weighted by Crippen LogP contribution is -2.37. The van der Waals surface area contributed by atoms with Crippen molar-refractivity contribution in [1.29, 1.82) is 0 Å². The van der Waals surface area contributed by atoms with Crippen molar-refractivity contribution in [2.75, 3.05) is 6.54 Å². The Balaban J connectivity index is 1.92. The predicted molar refractivity (Wildman–Crippen MR) is 81.2 cm³/mol. The summed E-state index contributed by atoms with van der Waals surface area (Å²) in [6.45, 7) is 5.78. The van der Waals surface area contributed by atoms with E-state index in [1.165, 1.54) is 45.1 Å². The van der Waals surface area contributed by atoms with Crippen LogP contribution in [0.2, 0.25) is 0 Å². The summed E-state index contributed by atoms with van der Waals surface area (Å²) in [6, 6.07) is 5.18. The lowest BCUT2D eigenvalue weighted by molar-refractivity contribution is 0.345. The predicted octanol–water partition coefficient (Wildman–Crippen LogP) is 4.49. The van der Waals surface area contributed by atoms with Crippen LogP contribution in [0.5, 0.6) is 0 Å². The third-order valence-corrected chi connectivity index (χ3v) is 5.28. The van der Waals surface area contributed by atoms with Crippen molar-refractivity contribution in [3.63, 3.8) is 0 Å². The molecular weight excluding hydrogens is 238 g/mol. The minimum atomic E-state index is 0.708. The van der Waals surface area contributed by atoms with Gasteiger partial charge in [-0.15, -0.1) is 11.3 Å². The van der Waals surface area contributed by atoms with E-state index in [4.69, 9.17) is 0 Å². The molecule has 1 aromatic heterocycles. The Bertz CT molecular complexity index is 320. The molecule has 1 saturated carbocycles. The van der Waals surface area contributed by atoms with Crippen molar-refractivity contribution in [3.8, 4) is 0 Å². The quantitative estimate of drug-likeness (QED) is 0.766. The zero-order chi connectivity index (χ0) is 12.8. The Morgan fingerprint density at radius 1 is 1.39 bits per heavy atom. The van der Waals surface area contributed by atoms with Gasteiger partial charge in [0, 0.05) is 10.9 Å². The summed E-state index contributed by atoms with van der Waals surface area (Å²) in [5.41, 5.74) is 0. The number of nitrogens with one attached hydrogen (secondary N) is 1. The largest absolute Gasteiger partial charge is 0.313 e. The van der Waals surface area contributed by atoms with Gasteiger partial charge in [0.25, 0.3) is 0 Å². The molecule has 0 aromatic carbocycles. The molecule has 2 heteroatoms. The van der Waals surface area contributed by atoms with Crippen LogP contribution in [0.4, 0.5) is 0 Å². The Morgan fingerprint density at radius 2 is 2.28 bits per heavy atom. The minimum absolute atomic E-state index is 0.708. The molecule has 0 aliphatic heterocycles. The molecule has 0 spiro atoms. The fourth-order valence-corrected chi connectivity index (χ4v) is 4.00. The van der Waals surface area contributed by atoms with E-state index in [1.807, 2.05) is 11.3 Å². The maximum atomic E-state index is 3.80. The maximum Gasteiger partial charge on any atom is 0.0144 e. The second kappa shape index (κ2) is 7.30. The second-order valence-electron chi connectivity index (χ2n) is 5.69. The SMILES string of the molecule is CCCNC(Cc1cccs1)C1CCC(CC)C1. The molecule has 102 valence electrons. The Morgan fingerprint density at radius 3 is 2.89 bits per heavy atom. The van der Waals surface area contributed by atoms with Crippen LogP contribution in [-0.2, 0) is 6.42 Å². The van der Waals surface area contributed by atoms with Crippen LogP contribution >= 0.6 is 11.3 Å². The van der Waals surface area contributed by atoms with Gasteiger partial charge in [0.2, 0.25) is 0 Å². The second-order valence-corrected chi connectivity index (χ2v) is 6.72. The molecule has 0 saturated heterocycles. The summed E-state index contributed by atoms with van der Waals surface area (Å²) in [5.74, 6) is 1.90. The summed E-state index contributed by atoms with van der Waals surface area (Å²) >= 11 is 1.91. The minimum Gasteiger partial charge on any atom is -0.313 e. The first-order valence-electron chi connectivity index (χ1n) is 7.59. The van der Waals surface area contributed by atoms with Crippen LogP contribution < -0.4 is 5.32 Å². The topological polar surface area (TPSA) is 12.0 Å². The molecule has 1 aliphatic carbocycles. The van der Waals surface area contributed by atoms with Gasteiger partial charge in [-0.2, -0.15) is 0 Å². The van der Waals surface area contributed by atoms with E-state index in [0.717, 1.165) is 11.8 Å². The van der Waals surface area contributed by atoms with Crippen LogP contribution in [0.1, 0.15) is 50.8 Å². The van der Waals surface area contributed by atoms with Crippen LogP contribution in [0.25, 0.3) is 0 Å². The maximum absolute atomic E-state index is 3.80. The van der Waals surface area contributed by atoms with Crippen molar-refractivity contribution in [2.24, 2.45) is 11.8 Å². The van der Waals surface area contributed by atoms with Gasteiger partial charge in [-0.1, -0.05) is 32.8 Å². The first kappa shape index (κ1) is 14.1. The Hall–Kier alpha value is -0.340. The molecule has 3 atom stereocenters. The van der Waals surface area contributed by atoms with E-state index < -0.39 is 0 Å². The third-order valence-electron chi connectivity index (χ3n) is 4.39. The van der Waals surface area contributed by atoms with Crippen molar-refractivity contribution in [3.05, 3.63) is 22.4 Å². The molecular formula is C16H27NS. The van der Waals surface area contributed by atoms with E-state index in [2.05, 4.69) is 36.7 Å². The van der Waals surface area contributed by atoms with Gasteiger partial charge >= 0.3 is 0 Å². The highest BCUT2D eigenvalue weighted by Gasteiger charge is 2.29. The lowest BCUT2D eigenvalue weighted by Gasteiger charge is -2.24. The molecule has 1 N–H and O–H groups in total. The molecule has 1 aliphatic rings. The average molecular weight is 265 g/mol. The molecule has 1 nitrogen and oxygen atoms in total. The Kier molecular flexibility index (Phi) is 5.71. The van der Waals surface area contributed by atoms with Gasteiger partial charge < -0.3 is 5.32 Å². The number of rotatable bonds is 7. The van der Waals surface area contributed by atoms with Crippen LogP contribution in [-0.4, -0.2) is 12.6 Å². The molecule has 0 amide bonds. The van der Waals surface area contributed by atoms with E-state index >= 15 is 0 Å². The van der Waals surface area contributed by atoms with Crippen LogP contribution in [0, 0.1) is 11.8 Å². The summed E-state index contributed by atoms with van der Waals surface area (Å²) < 4.78 is 0. The van der Waals surface area contributed by atoms with E-state index in [9.17, 15) is 0 Å². The van der Waals surface area contributed by atoms with Crippen molar-refractivity contribution in [2.45, 2.75) is 58.4 Å². The monoisotopic (exact) mass is 265 g/mol. The van der Waals surface area contributed by atoms with Gasteiger partial charge in [0.05, 0.1) is 0 Å². The summed E-state index contributed by atoms with van der Waals surface area (Å²) in [5, 5.41) is 6.01. The molecule has 1 aromatic rings. The first-order chi connectivity index (χ1) is 8.83. The smallest absolute Gasteiger partial charge is 0.0144 e. The summed E-state index contributed by atoms with van der Waals surface area (Å²) in [6.07, 6.45) is 8.18. The normalized spacial score (nSPS) is 25.4. The van der Waals surface area contributed by atoms with E-state index in [0.29, 0.717) is 6.04 Å². The zero-order valence-electron chi connectivity index (χ0n) is 11.8. The molecule has 0 bridgehead atoms. The van der Waals surface area contributed by atoms with Crippen LogP contribution in [0.3, 0.4) is 0 Å². The van der Waals surface area contributed by atoms with Gasteiger partial charge in [-0.05, 0) is 55.5 Å². The highest BCUT2D eigenvalue weighted by molar-refractivity contribution is 7.09. The van der Waals surface area contributed by atoms with E-state index in [-0.39, 0.29) is 0 Å². The van der Waals surface area contributed by atoms with Gasteiger partial charge in [-0.25, -0.2) is 0 Å². The Labute approximate surface area is 116 Å². The fraction of sp³-hybridized carbons (Fsp3) is 0.750. The highest BCUT2D eigenvalue weighted by Crippen LogP contribution is 2.36. The van der Waals surface area contributed by atoms with E-state index in [1.54, 1.807) is 4.88 Å². The van der Waals surface area contributed by atoms with Crippen LogP contribution in [0.15, 0.2) is 17.5 Å². The molecule has 0 radical (unpaired) electrons. The summed E-state index contributed by atoms with van der Waals surface area (Å²) in [4.78, 5) is 1.54. The molecule has 1 fully saturated rings. The van der Waals surface area contributed by atoms with Gasteiger partial charge in [0.15, 0.2) is 0 Å². The zero-order valence-corrected chi connectivity index (χ0v) is 12.6. The highest BCUT2D eigenvalue weighted by atomic mass is 32.1. The number of hydrogen-bond donors (Lipinski definition) is 1. The molecule has 1 heterocycles. The fourth-order valence-electron chi connectivity index (χ4n) is 3.23. The molecule has 2 rings (SSSR count). The van der Waals surface area contributed by atoms with Crippen molar-refractivity contribution >= 4 is 11.3 Å². The van der Waals surface area contributed by atoms with Gasteiger partial charge in [-0.3, -0.25) is 0 Å². The molecule has 18 heavy (non-hydrogen) atoms. The summed E-state index contributed by atoms with van der Waals surface area (Å²) in [7, 11) is 0. The van der Waals surface area contributed by atoms with Gasteiger partial charge in [0.1, 0.15) is 0 Å². The first-order valence-corrected chi connectivity index (χ1v) is 8.47. The standard InChI is InChI=1S/C16H27NS/c1-3-9-17-16(12-15-6-5-10-18-15)14-8-7-13(4-2)11-14/h5-6,10,13-14,16-17H,3-4,7-9,11-12H2,1-2H3. The average Bonchev–Trinajstić information content (AvgIpc) is 3.05. The van der Waals surface area contributed by atoms with Crippen molar-refractivity contribution in [1.82, 2.24) is 5.32 Å². The lowest BCUT2D eigenvalue weighted by atomic mass is 9.93. The number of thiophene rings is 1. The molecule has 3 unspecified atom stereocenters. The number of hydrogen-bond acceptors (Lipinski definition) is 2. The van der Waals surface area contributed by atoms with Crippen molar-refractivity contribution < 1.29 is 0 Å². The third kappa shape index (κ3) is 3.83.